The van der Waals surface area contributed by atoms with Crippen molar-refractivity contribution >= 4 is 44.3 Å². The van der Waals surface area contributed by atoms with E-state index in [-0.39, 0.29) is 0 Å². The molecule has 0 aliphatic rings. The van der Waals surface area contributed by atoms with Gasteiger partial charge in [0.2, 0.25) is 0 Å². The molecule has 5 heteroatoms. The smallest absolute Gasteiger partial charge is 0.145 e. The van der Waals surface area contributed by atoms with Crippen molar-refractivity contribution in [3.63, 3.8) is 0 Å². The Morgan fingerprint density at radius 3 is 2.82 bits per heavy atom. The summed E-state index contributed by atoms with van der Waals surface area (Å²) < 4.78 is 2.18. The Hall–Kier alpha value is -0.690. The first-order valence-corrected chi connectivity index (χ1v) is 6.95. The zero-order valence-electron chi connectivity index (χ0n) is 9.27. The molecule has 88 valence electrons. The molecule has 1 aromatic carbocycles. The summed E-state index contributed by atoms with van der Waals surface area (Å²) in [5, 5.41) is 0. The topological polar surface area (TPSA) is 29.0 Å². The van der Waals surface area contributed by atoms with E-state index in [0.717, 1.165) is 20.4 Å². The molecule has 1 heterocycles. The van der Waals surface area contributed by atoms with Gasteiger partial charge in [-0.1, -0.05) is 34.1 Å². The first-order chi connectivity index (χ1) is 8.18. The third kappa shape index (κ3) is 3.16. The average Bonchev–Trinajstić information content (AvgIpc) is 2.32. The molecule has 2 rings (SSSR count). The van der Waals surface area contributed by atoms with Crippen LogP contribution in [0.5, 0.6) is 0 Å². The minimum absolute atomic E-state index is 0.814. The highest BCUT2D eigenvalue weighted by molar-refractivity contribution is 14.1. The van der Waals surface area contributed by atoms with Crippen LogP contribution in [0, 0.1) is 3.57 Å². The van der Waals surface area contributed by atoms with Gasteiger partial charge in [-0.3, -0.25) is 0 Å². The van der Waals surface area contributed by atoms with Crippen molar-refractivity contribution in [3.8, 4) is 0 Å². The van der Waals surface area contributed by atoms with Crippen LogP contribution in [0.3, 0.4) is 0 Å². The van der Waals surface area contributed by atoms with Gasteiger partial charge in [0, 0.05) is 24.3 Å². The number of anilines is 1. The molecule has 0 aliphatic carbocycles. The predicted molar refractivity (Wildman–Crippen MR) is 81.0 cm³/mol. The number of rotatable bonds is 3. The van der Waals surface area contributed by atoms with Gasteiger partial charge < -0.3 is 4.90 Å². The highest BCUT2D eigenvalue weighted by Gasteiger charge is 2.08. The summed E-state index contributed by atoms with van der Waals surface area (Å²) in [5.74, 6) is 0.955. The first-order valence-electron chi connectivity index (χ1n) is 5.08. The van der Waals surface area contributed by atoms with Crippen LogP contribution in [0.2, 0.25) is 0 Å². The first kappa shape index (κ1) is 12.8. The van der Waals surface area contributed by atoms with Crippen molar-refractivity contribution in [2.24, 2.45) is 0 Å². The minimum Gasteiger partial charge on any atom is -0.354 e. The van der Waals surface area contributed by atoms with E-state index in [1.54, 1.807) is 6.33 Å². The van der Waals surface area contributed by atoms with Gasteiger partial charge in [-0.05, 0) is 34.2 Å². The van der Waals surface area contributed by atoms with Crippen LogP contribution in [0.25, 0.3) is 0 Å². The lowest BCUT2D eigenvalue weighted by molar-refractivity contribution is 0.882. The summed E-state index contributed by atoms with van der Waals surface area (Å²) >= 11 is 5.80. The van der Waals surface area contributed by atoms with Crippen molar-refractivity contribution in [2.45, 2.75) is 6.54 Å². The Labute approximate surface area is 123 Å². The van der Waals surface area contributed by atoms with Gasteiger partial charge in [-0.2, -0.15) is 0 Å². The molecular weight excluding hydrogens is 393 g/mol. The van der Waals surface area contributed by atoms with E-state index in [0.29, 0.717) is 0 Å². The molecule has 0 bridgehead atoms. The number of nitrogens with zero attached hydrogens (tertiary/aromatic N) is 3. The molecule has 0 radical (unpaired) electrons. The zero-order valence-corrected chi connectivity index (χ0v) is 13.0. The number of hydrogen-bond acceptors (Lipinski definition) is 3. The van der Waals surface area contributed by atoms with Crippen LogP contribution in [0.15, 0.2) is 41.3 Å². The lowest BCUT2D eigenvalue weighted by Crippen LogP contribution is -2.19. The Morgan fingerprint density at radius 1 is 1.35 bits per heavy atom. The molecule has 0 saturated carbocycles. The van der Waals surface area contributed by atoms with Crippen LogP contribution in [-0.2, 0) is 6.54 Å². The van der Waals surface area contributed by atoms with E-state index in [1.807, 2.05) is 31.4 Å². The second kappa shape index (κ2) is 5.77. The molecule has 17 heavy (non-hydrogen) atoms. The monoisotopic (exact) mass is 403 g/mol. The van der Waals surface area contributed by atoms with Crippen molar-refractivity contribution in [2.75, 3.05) is 11.9 Å². The maximum Gasteiger partial charge on any atom is 0.145 e. The van der Waals surface area contributed by atoms with Crippen LogP contribution in [0.1, 0.15) is 5.56 Å². The third-order valence-corrected chi connectivity index (χ3v) is 3.91. The molecule has 0 N–H and O–H groups in total. The Kier molecular flexibility index (Phi) is 4.33. The van der Waals surface area contributed by atoms with Gasteiger partial charge in [0.1, 0.15) is 12.1 Å². The van der Waals surface area contributed by atoms with Crippen molar-refractivity contribution in [3.05, 3.63) is 50.4 Å². The molecule has 0 aliphatic heterocycles. The van der Waals surface area contributed by atoms with Crippen LogP contribution in [-0.4, -0.2) is 17.0 Å². The summed E-state index contributed by atoms with van der Waals surface area (Å²) in [7, 11) is 2.03. The van der Waals surface area contributed by atoms with Crippen LogP contribution in [0.4, 0.5) is 5.82 Å². The lowest BCUT2D eigenvalue weighted by atomic mass is 10.2. The van der Waals surface area contributed by atoms with Gasteiger partial charge in [-0.15, -0.1) is 0 Å². The Bertz CT molecular complexity index is 519. The molecule has 0 unspecified atom stereocenters. The lowest BCUT2D eigenvalue weighted by Gasteiger charge is -2.19. The fourth-order valence-electron chi connectivity index (χ4n) is 1.54. The molecule has 0 atom stereocenters. The SMILES string of the molecule is CN(Cc1ccccc1Br)c1ncncc1I. The quantitative estimate of drug-likeness (QED) is 0.734. The maximum absolute atomic E-state index is 4.30. The van der Waals surface area contributed by atoms with Crippen molar-refractivity contribution in [1.29, 1.82) is 0 Å². The molecule has 1 aromatic heterocycles. The highest BCUT2D eigenvalue weighted by Crippen LogP contribution is 2.22. The summed E-state index contributed by atoms with van der Waals surface area (Å²) in [5.41, 5.74) is 1.24. The number of hydrogen-bond donors (Lipinski definition) is 0. The van der Waals surface area contributed by atoms with E-state index in [1.165, 1.54) is 5.56 Å². The zero-order chi connectivity index (χ0) is 12.3. The molecule has 3 nitrogen and oxygen atoms in total. The van der Waals surface area contributed by atoms with Gasteiger partial charge >= 0.3 is 0 Å². The molecule has 0 saturated heterocycles. The molecule has 0 fully saturated rings. The summed E-state index contributed by atoms with van der Waals surface area (Å²) in [6.07, 6.45) is 3.40. The summed E-state index contributed by atoms with van der Waals surface area (Å²) in [6.45, 7) is 0.814. The second-order valence-electron chi connectivity index (χ2n) is 3.64. The average molecular weight is 404 g/mol. The van der Waals surface area contributed by atoms with Gasteiger partial charge in [0.25, 0.3) is 0 Å². The van der Waals surface area contributed by atoms with Gasteiger partial charge in [0.05, 0.1) is 3.57 Å². The van der Waals surface area contributed by atoms with Gasteiger partial charge in [0.15, 0.2) is 0 Å². The van der Waals surface area contributed by atoms with E-state index in [9.17, 15) is 0 Å². The number of halogens is 2. The largest absolute Gasteiger partial charge is 0.354 e. The fraction of sp³-hybridized carbons (Fsp3) is 0.167. The molecular formula is C12H11BrIN3. The van der Waals surface area contributed by atoms with Crippen molar-refractivity contribution < 1.29 is 0 Å². The second-order valence-corrected chi connectivity index (χ2v) is 5.66. The predicted octanol–water partition coefficient (Wildman–Crippen LogP) is 3.48. The standard InChI is InChI=1S/C12H11BrIN3/c1-17(12-11(14)6-15-8-16-12)7-9-4-2-3-5-10(9)13/h2-6,8H,7H2,1H3. The van der Waals surface area contributed by atoms with E-state index < -0.39 is 0 Å². The fourth-order valence-corrected chi connectivity index (χ4v) is 2.67. The molecule has 0 spiro atoms. The minimum atomic E-state index is 0.814. The normalized spacial score (nSPS) is 10.3. The van der Waals surface area contributed by atoms with Gasteiger partial charge in [-0.25, -0.2) is 9.97 Å². The molecule has 2 aromatic rings. The Balaban J connectivity index is 2.20. The van der Waals surface area contributed by atoms with E-state index in [4.69, 9.17) is 0 Å². The third-order valence-electron chi connectivity index (χ3n) is 2.38. The van der Waals surface area contributed by atoms with E-state index >= 15 is 0 Å². The number of benzene rings is 1. The molecule has 0 amide bonds. The van der Waals surface area contributed by atoms with Crippen LogP contribution < -0.4 is 4.90 Å². The van der Waals surface area contributed by atoms with Crippen molar-refractivity contribution in [1.82, 2.24) is 9.97 Å². The summed E-state index contributed by atoms with van der Waals surface area (Å²) in [6, 6.07) is 8.21. The number of aromatic nitrogens is 2. The highest BCUT2D eigenvalue weighted by atomic mass is 127. The van der Waals surface area contributed by atoms with E-state index in [2.05, 4.69) is 59.5 Å². The maximum atomic E-state index is 4.30. The summed E-state index contributed by atoms with van der Waals surface area (Å²) in [4.78, 5) is 10.4. The van der Waals surface area contributed by atoms with Crippen LogP contribution >= 0.6 is 38.5 Å². The Morgan fingerprint density at radius 2 is 2.12 bits per heavy atom.